The molecular weight excluding hydrogens is 276 g/mol. The molecule has 2 heterocycles. The number of likely N-dealkylation sites (tertiary alicyclic amines) is 1. The Hall–Kier alpha value is -0.940. The molecule has 0 aromatic carbocycles. The molecule has 3 rings (SSSR count). The van der Waals surface area contributed by atoms with Crippen molar-refractivity contribution in [2.75, 3.05) is 19.6 Å². The summed E-state index contributed by atoms with van der Waals surface area (Å²) in [5.41, 5.74) is 1.96. The Bertz CT molecular complexity index is 448. The van der Waals surface area contributed by atoms with Crippen molar-refractivity contribution < 1.29 is 5.11 Å². The van der Waals surface area contributed by atoms with E-state index >= 15 is 0 Å². The second-order valence-corrected chi connectivity index (χ2v) is 6.96. The number of aliphatic hydroxyl groups is 1. The van der Waals surface area contributed by atoms with Crippen LogP contribution in [0.4, 0.5) is 0 Å². The second kappa shape index (κ2) is 8.06. The highest BCUT2D eigenvalue weighted by Crippen LogP contribution is 2.27. The fourth-order valence-electron chi connectivity index (χ4n) is 4.00. The third-order valence-electron chi connectivity index (χ3n) is 5.41. The highest BCUT2D eigenvalue weighted by Gasteiger charge is 2.18. The average Bonchev–Trinajstić information content (AvgIpc) is 3.21. The molecule has 2 aliphatic rings. The van der Waals surface area contributed by atoms with Gasteiger partial charge >= 0.3 is 0 Å². The van der Waals surface area contributed by atoms with Gasteiger partial charge in [0.1, 0.15) is 5.69 Å². The van der Waals surface area contributed by atoms with E-state index in [9.17, 15) is 5.11 Å². The standard InChI is InChI=1S/C17H30N4O/c22-14-16-17(9-8-15-6-2-1-3-7-15)21(19-18-16)13-12-20-10-4-5-11-20/h15,22H,1-14H2. The minimum Gasteiger partial charge on any atom is -0.390 e. The first-order valence-electron chi connectivity index (χ1n) is 9.11. The summed E-state index contributed by atoms with van der Waals surface area (Å²) >= 11 is 0. The van der Waals surface area contributed by atoms with Crippen LogP contribution in [0.15, 0.2) is 0 Å². The van der Waals surface area contributed by atoms with Crippen LogP contribution in [0.25, 0.3) is 0 Å². The molecule has 5 heteroatoms. The molecule has 1 saturated carbocycles. The van der Waals surface area contributed by atoms with Crippen molar-refractivity contribution in [3.8, 4) is 0 Å². The molecule has 0 atom stereocenters. The fourth-order valence-corrected chi connectivity index (χ4v) is 4.00. The number of nitrogens with zero attached hydrogens (tertiary/aromatic N) is 4. The molecule has 1 N–H and O–H groups in total. The van der Waals surface area contributed by atoms with Crippen molar-refractivity contribution in [2.45, 2.75) is 70.9 Å². The Morgan fingerprint density at radius 2 is 1.77 bits per heavy atom. The van der Waals surface area contributed by atoms with Gasteiger partial charge in [-0.1, -0.05) is 37.3 Å². The number of hydrogen-bond donors (Lipinski definition) is 1. The van der Waals surface area contributed by atoms with Crippen LogP contribution in [0.1, 0.15) is 62.8 Å². The number of rotatable bonds is 7. The Kier molecular flexibility index (Phi) is 5.84. The molecule has 0 amide bonds. The summed E-state index contributed by atoms with van der Waals surface area (Å²) in [7, 11) is 0. The lowest BCUT2D eigenvalue weighted by atomic mass is 9.85. The van der Waals surface area contributed by atoms with Crippen LogP contribution < -0.4 is 0 Å². The van der Waals surface area contributed by atoms with Gasteiger partial charge in [0.2, 0.25) is 0 Å². The molecule has 1 aromatic heterocycles. The zero-order valence-corrected chi connectivity index (χ0v) is 13.7. The van der Waals surface area contributed by atoms with Crippen molar-refractivity contribution >= 4 is 0 Å². The highest BCUT2D eigenvalue weighted by atomic mass is 16.3. The predicted molar refractivity (Wildman–Crippen MR) is 86.5 cm³/mol. The summed E-state index contributed by atoms with van der Waals surface area (Å²) in [6.45, 7) is 4.43. The van der Waals surface area contributed by atoms with Gasteiger partial charge in [0.05, 0.1) is 18.8 Å². The average molecular weight is 306 g/mol. The van der Waals surface area contributed by atoms with Crippen LogP contribution in [0.3, 0.4) is 0 Å². The SMILES string of the molecule is OCc1nnn(CCN2CCCC2)c1CCC1CCCCC1. The Morgan fingerprint density at radius 3 is 2.50 bits per heavy atom. The lowest BCUT2D eigenvalue weighted by Gasteiger charge is -2.21. The first-order valence-corrected chi connectivity index (χ1v) is 9.11. The number of aliphatic hydroxyl groups excluding tert-OH is 1. The molecule has 5 nitrogen and oxygen atoms in total. The first kappa shape index (κ1) is 15.9. The zero-order valence-electron chi connectivity index (χ0n) is 13.7. The molecule has 124 valence electrons. The second-order valence-electron chi connectivity index (χ2n) is 6.96. The normalized spacial score (nSPS) is 20.8. The monoisotopic (exact) mass is 306 g/mol. The van der Waals surface area contributed by atoms with Crippen LogP contribution >= 0.6 is 0 Å². The zero-order chi connectivity index (χ0) is 15.2. The molecule has 22 heavy (non-hydrogen) atoms. The van der Waals surface area contributed by atoms with Gasteiger partial charge in [0.15, 0.2) is 0 Å². The lowest BCUT2D eigenvalue weighted by Crippen LogP contribution is -2.25. The molecule has 0 unspecified atom stereocenters. The summed E-state index contributed by atoms with van der Waals surface area (Å²) in [5, 5.41) is 18.0. The largest absolute Gasteiger partial charge is 0.390 e. The van der Waals surface area contributed by atoms with Gasteiger partial charge in [0, 0.05) is 6.54 Å². The van der Waals surface area contributed by atoms with Crippen LogP contribution in [-0.4, -0.2) is 44.6 Å². The molecule has 1 saturated heterocycles. The van der Waals surface area contributed by atoms with E-state index in [1.807, 2.05) is 4.68 Å². The van der Waals surface area contributed by atoms with Crippen LogP contribution in [0.2, 0.25) is 0 Å². The topological polar surface area (TPSA) is 54.2 Å². The highest BCUT2D eigenvalue weighted by molar-refractivity contribution is 5.09. The van der Waals surface area contributed by atoms with E-state index in [0.29, 0.717) is 0 Å². The minimum absolute atomic E-state index is 0.0176. The molecule has 1 aliphatic heterocycles. The van der Waals surface area contributed by atoms with Gasteiger partial charge in [-0.05, 0) is 44.7 Å². The van der Waals surface area contributed by atoms with Gasteiger partial charge in [-0.3, -0.25) is 0 Å². The summed E-state index contributed by atoms with van der Waals surface area (Å²) in [6.07, 6.45) is 11.9. The summed E-state index contributed by atoms with van der Waals surface area (Å²) < 4.78 is 2.05. The fraction of sp³-hybridized carbons (Fsp3) is 0.882. The summed E-state index contributed by atoms with van der Waals surface area (Å²) in [6, 6.07) is 0. The third-order valence-corrected chi connectivity index (χ3v) is 5.41. The number of hydrogen-bond acceptors (Lipinski definition) is 4. The lowest BCUT2D eigenvalue weighted by molar-refractivity contribution is 0.274. The molecule has 1 aromatic rings. The van der Waals surface area contributed by atoms with Crippen LogP contribution in [-0.2, 0) is 19.6 Å². The predicted octanol–water partition coefficient (Wildman–Crippen LogP) is 2.38. The van der Waals surface area contributed by atoms with Crippen molar-refractivity contribution in [2.24, 2.45) is 5.92 Å². The molecule has 0 radical (unpaired) electrons. The Balaban J connectivity index is 1.56. The third kappa shape index (κ3) is 4.07. The van der Waals surface area contributed by atoms with Crippen molar-refractivity contribution in [1.29, 1.82) is 0 Å². The maximum Gasteiger partial charge on any atom is 0.111 e. The van der Waals surface area contributed by atoms with Gasteiger partial charge in [-0.15, -0.1) is 5.10 Å². The van der Waals surface area contributed by atoms with E-state index in [4.69, 9.17) is 0 Å². The van der Waals surface area contributed by atoms with Gasteiger partial charge < -0.3 is 10.0 Å². The molecule has 2 fully saturated rings. The molecular formula is C17H30N4O. The van der Waals surface area contributed by atoms with Crippen LogP contribution in [0, 0.1) is 5.92 Å². The molecule has 0 bridgehead atoms. The van der Waals surface area contributed by atoms with Crippen molar-refractivity contribution in [3.63, 3.8) is 0 Å². The summed E-state index contributed by atoms with van der Waals surface area (Å²) in [4.78, 5) is 2.51. The van der Waals surface area contributed by atoms with Crippen molar-refractivity contribution in [3.05, 3.63) is 11.4 Å². The van der Waals surface area contributed by atoms with Gasteiger partial charge in [-0.2, -0.15) is 0 Å². The quantitative estimate of drug-likeness (QED) is 0.840. The smallest absolute Gasteiger partial charge is 0.111 e. The molecule has 1 aliphatic carbocycles. The Labute approximate surface area is 133 Å². The van der Waals surface area contributed by atoms with E-state index in [1.54, 1.807) is 0 Å². The maximum absolute atomic E-state index is 9.52. The van der Waals surface area contributed by atoms with Crippen molar-refractivity contribution in [1.82, 2.24) is 19.9 Å². The van der Waals surface area contributed by atoms with E-state index in [2.05, 4.69) is 15.2 Å². The molecule has 0 spiro atoms. The van der Waals surface area contributed by atoms with E-state index in [0.717, 1.165) is 31.1 Å². The Morgan fingerprint density at radius 1 is 1.00 bits per heavy atom. The summed E-state index contributed by atoms with van der Waals surface area (Å²) in [5.74, 6) is 0.863. The first-order chi connectivity index (χ1) is 10.9. The minimum atomic E-state index is 0.0176. The van der Waals surface area contributed by atoms with Crippen LogP contribution in [0.5, 0.6) is 0 Å². The number of aromatic nitrogens is 3. The van der Waals surface area contributed by atoms with E-state index in [-0.39, 0.29) is 6.61 Å². The maximum atomic E-state index is 9.52. The van der Waals surface area contributed by atoms with E-state index in [1.165, 1.54) is 70.2 Å². The van der Waals surface area contributed by atoms with E-state index < -0.39 is 0 Å². The van der Waals surface area contributed by atoms with Gasteiger partial charge in [-0.25, -0.2) is 4.68 Å². The van der Waals surface area contributed by atoms with Gasteiger partial charge in [0.25, 0.3) is 0 Å².